The SMILES string of the molecule is CC.CC(C)(C)C1(C(C)(C)C)CCCCC1N. The first-order valence-electron chi connectivity index (χ1n) is 7.38. The van der Waals surface area contributed by atoms with E-state index in [0.29, 0.717) is 16.9 Å². The Hall–Kier alpha value is -0.0400. The first kappa shape index (κ1) is 17.0. The van der Waals surface area contributed by atoms with Crippen LogP contribution < -0.4 is 5.73 Å². The lowest BCUT2D eigenvalue weighted by Crippen LogP contribution is -2.59. The first-order valence-corrected chi connectivity index (χ1v) is 7.38. The standard InChI is InChI=1S/C14H29N.C2H6/c1-12(2,3)14(13(4,5)6)10-8-7-9-11(14)15;1-2/h11H,7-10,15H2,1-6H3;1-2H3. The molecular weight excluding hydrogens is 206 g/mol. The molecular formula is C16H35N. The van der Waals surface area contributed by atoms with Crippen molar-refractivity contribution in [2.24, 2.45) is 22.0 Å². The monoisotopic (exact) mass is 241 g/mol. The van der Waals surface area contributed by atoms with E-state index in [2.05, 4.69) is 41.5 Å². The fraction of sp³-hybridized carbons (Fsp3) is 1.00. The molecule has 0 bridgehead atoms. The van der Waals surface area contributed by atoms with Crippen molar-refractivity contribution < 1.29 is 0 Å². The van der Waals surface area contributed by atoms with Crippen LogP contribution in [0, 0.1) is 16.2 Å². The maximum atomic E-state index is 6.49. The van der Waals surface area contributed by atoms with E-state index < -0.39 is 0 Å². The summed E-state index contributed by atoms with van der Waals surface area (Å²) in [6, 6.07) is 0.367. The van der Waals surface area contributed by atoms with Crippen molar-refractivity contribution in [3.63, 3.8) is 0 Å². The Bertz CT molecular complexity index is 203. The van der Waals surface area contributed by atoms with E-state index in [1.165, 1.54) is 25.7 Å². The molecule has 1 heteroatoms. The summed E-state index contributed by atoms with van der Waals surface area (Å²) in [5.74, 6) is 0. The Morgan fingerprint density at radius 2 is 1.29 bits per heavy atom. The molecule has 2 N–H and O–H groups in total. The predicted molar refractivity (Wildman–Crippen MR) is 79.1 cm³/mol. The van der Waals surface area contributed by atoms with Gasteiger partial charge in [0.25, 0.3) is 0 Å². The molecule has 0 aromatic carbocycles. The van der Waals surface area contributed by atoms with Gasteiger partial charge in [-0.25, -0.2) is 0 Å². The maximum absolute atomic E-state index is 6.49. The van der Waals surface area contributed by atoms with Gasteiger partial charge < -0.3 is 5.73 Å². The van der Waals surface area contributed by atoms with Gasteiger partial charge in [-0.1, -0.05) is 68.2 Å². The molecule has 0 aromatic rings. The van der Waals surface area contributed by atoms with Gasteiger partial charge in [0.05, 0.1) is 0 Å². The molecule has 17 heavy (non-hydrogen) atoms. The summed E-state index contributed by atoms with van der Waals surface area (Å²) in [6.45, 7) is 18.2. The van der Waals surface area contributed by atoms with Gasteiger partial charge in [0.15, 0.2) is 0 Å². The van der Waals surface area contributed by atoms with Gasteiger partial charge in [-0.05, 0) is 29.1 Å². The van der Waals surface area contributed by atoms with Gasteiger partial charge in [-0.15, -0.1) is 0 Å². The molecule has 1 aliphatic carbocycles. The van der Waals surface area contributed by atoms with Crippen molar-refractivity contribution in [1.29, 1.82) is 0 Å². The minimum Gasteiger partial charge on any atom is -0.327 e. The minimum atomic E-state index is 0.290. The van der Waals surface area contributed by atoms with E-state index in [0.717, 1.165) is 0 Å². The van der Waals surface area contributed by atoms with E-state index in [-0.39, 0.29) is 5.41 Å². The van der Waals surface area contributed by atoms with Crippen LogP contribution in [-0.2, 0) is 0 Å². The van der Waals surface area contributed by atoms with E-state index >= 15 is 0 Å². The van der Waals surface area contributed by atoms with E-state index in [1.54, 1.807) is 0 Å². The summed E-state index contributed by atoms with van der Waals surface area (Å²) in [7, 11) is 0. The smallest absolute Gasteiger partial charge is 0.0106 e. The van der Waals surface area contributed by atoms with Crippen molar-refractivity contribution >= 4 is 0 Å². The fourth-order valence-corrected chi connectivity index (χ4v) is 4.19. The topological polar surface area (TPSA) is 26.0 Å². The van der Waals surface area contributed by atoms with Gasteiger partial charge >= 0.3 is 0 Å². The Kier molecular flexibility index (Phi) is 5.72. The van der Waals surface area contributed by atoms with Crippen LogP contribution in [0.4, 0.5) is 0 Å². The molecule has 1 rings (SSSR count). The second kappa shape index (κ2) is 5.73. The van der Waals surface area contributed by atoms with E-state index in [9.17, 15) is 0 Å². The molecule has 1 unspecified atom stereocenters. The summed E-state index contributed by atoms with van der Waals surface area (Å²) in [5, 5.41) is 0. The van der Waals surface area contributed by atoms with Gasteiger partial charge in [-0.3, -0.25) is 0 Å². The molecule has 0 saturated heterocycles. The molecule has 0 amide bonds. The highest BCUT2D eigenvalue weighted by molar-refractivity contribution is 5.06. The molecule has 0 aromatic heterocycles. The normalized spacial score (nSPS) is 24.9. The third kappa shape index (κ3) is 3.05. The average molecular weight is 241 g/mol. The van der Waals surface area contributed by atoms with Gasteiger partial charge in [-0.2, -0.15) is 0 Å². The number of hydrogen-bond acceptors (Lipinski definition) is 1. The molecule has 0 radical (unpaired) electrons. The lowest BCUT2D eigenvalue weighted by atomic mass is 9.47. The summed E-state index contributed by atoms with van der Waals surface area (Å²) in [4.78, 5) is 0. The van der Waals surface area contributed by atoms with Gasteiger partial charge in [0.1, 0.15) is 0 Å². The Morgan fingerprint density at radius 3 is 1.53 bits per heavy atom. The third-order valence-corrected chi connectivity index (χ3v) is 4.65. The summed E-state index contributed by atoms with van der Waals surface area (Å²) >= 11 is 0. The molecule has 1 aliphatic rings. The predicted octanol–water partition coefficient (Wildman–Crippen LogP) is 4.99. The molecule has 1 fully saturated rings. The van der Waals surface area contributed by atoms with Crippen molar-refractivity contribution in [2.45, 2.75) is 87.1 Å². The van der Waals surface area contributed by atoms with Crippen molar-refractivity contribution in [2.75, 3.05) is 0 Å². The van der Waals surface area contributed by atoms with Crippen LogP contribution in [0.15, 0.2) is 0 Å². The fourth-order valence-electron chi connectivity index (χ4n) is 4.19. The number of hydrogen-bond donors (Lipinski definition) is 1. The van der Waals surface area contributed by atoms with Crippen molar-refractivity contribution in [1.82, 2.24) is 0 Å². The molecule has 1 nitrogen and oxygen atoms in total. The average Bonchev–Trinajstić information content (AvgIpc) is 2.17. The zero-order valence-corrected chi connectivity index (χ0v) is 13.5. The lowest BCUT2D eigenvalue weighted by molar-refractivity contribution is -0.0798. The van der Waals surface area contributed by atoms with Crippen LogP contribution in [-0.4, -0.2) is 6.04 Å². The van der Waals surface area contributed by atoms with Crippen LogP contribution in [0.5, 0.6) is 0 Å². The lowest BCUT2D eigenvalue weighted by Gasteiger charge is -2.59. The number of rotatable bonds is 0. The largest absolute Gasteiger partial charge is 0.327 e. The molecule has 0 spiro atoms. The molecule has 104 valence electrons. The highest BCUT2D eigenvalue weighted by atomic mass is 14.8. The molecule has 0 aliphatic heterocycles. The van der Waals surface area contributed by atoms with Crippen molar-refractivity contribution in [3.05, 3.63) is 0 Å². The first-order chi connectivity index (χ1) is 7.63. The molecule has 1 saturated carbocycles. The van der Waals surface area contributed by atoms with Crippen LogP contribution in [0.2, 0.25) is 0 Å². The second-order valence-electron chi connectivity index (χ2n) is 7.32. The molecule has 0 heterocycles. The Balaban J connectivity index is 0.00000121. The summed E-state index contributed by atoms with van der Waals surface area (Å²) in [6.07, 6.45) is 5.16. The Morgan fingerprint density at radius 1 is 0.882 bits per heavy atom. The highest BCUT2D eigenvalue weighted by Crippen LogP contribution is 2.58. The zero-order chi connectivity index (χ0) is 13.9. The van der Waals surface area contributed by atoms with Crippen LogP contribution in [0.25, 0.3) is 0 Å². The van der Waals surface area contributed by atoms with Crippen molar-refractivity contribution in [3.8, 4) is 0 Å². The van der Waals surface area contributed by atoms with E-state index in [4.69, 9.17) is 5.73 Å². The number of nitrogens with two attached hydrogens (primary N) is 1. The van der Waals surface area contributed by atoms with Crippen LogP contribution in [0.1, 0.15) is 81.1 Å². The van der Waals surface area contributed by atoms with E-state index in [1.807, 2.05) is 13.8 Å². The van der Waals surface area contributed by atoms with Gasteiger partial charge in [0.2, 0.25) is 0 Å². The second-order valence-corrected chi connectivity index (χ2v) is 7.32. The quantitative estimate of drug-likeness (QED) is 0.635. The minimum absolute atomic E-state index is 0.290. The molecule has 1 atom stereocenters. The summed E-state index contributed by atoms with van der Waals surface area (Å²) in [5.41, 5.74) is 7.37. The van der Waals surface area contributed by atoms with Crippen LogP contribution in [0.3, 0.4) is 0 Å². The Labute approximate surface area is 110 Å². The van der Waals surface area contributed by atoms with Gasteiger partial charge in [0, 0.05) is 6.04 Å². The zero-order valence-electron chi connectivity index (χ0n) is 13.5. The highest BCUT2D eigenvalue weighted by Gasteiger charge is 2.54. The maximum Gasteiger partial charge on any atom is 0.0106 e. The van der Waals surface area contributed by atoms with Crippen LogP contribution >= 0.6 is 0 Å². The third-order valence-electron chi connectivity index (χ3n) is 4.65. The summed E-state index contributed by atoms with van der Waals surface area (Å²) < 4.78 is 0.